The Labute approximate surface area is 243 Å². The van der Waals surface area contributed by atoms with E-state index in [1.807, 2.05) is 0 Å². The van der Waals surface area contributed by atoms with Crippen LogP contribution in [0.5, 0.6) is 0 Å². The maximum atomic E-state index is 2.48. The highest BCUT2D eigenvalue weighted by atomic mass is 15.0. The van der Waals surface area contributed by atoms with Crippen LogP contribution in [0.3, 0.4) is 0 Å². The van der Waals surface area contributed by atoms with Gasteiger partial charge < -0.3 is 9.13 Å². The zero-order valence-electron chi connectivity index (χ0n) is 22.9. The van der Waals surface area contributed by atoms with Gasteiger partial charge in [0.05, 0.1) is 22.1 Å². The lowest BCUT2D eigenvalue weighted by Gasteiger charge is -2.11. The molecule has 0 fully saturated rings. The van der Waals surface area contributed by atoms with Gasteiger partial charge in [-0.25, -0.2) is 0 Å². The van der Waals surface area contributed by atoms with Crippen molar-refractivity contribution in [2.24, 2.45) is 0 Å². The van der Waals surface area contributed by atoms with Crippen LogP contribution in [0.2, 0.25) is 0 Å². The van der Waals surface area contributed by atoms with Crippen molar-refractivity contribution in [3.8, 4) is 22.5 Å². The fourth-order valence-electron chi connectivity index (χ4n) is 6.80. The zero-order chi connectivity index (χ0) is 27.6. The van der Waals surface area contributed by atoms with Crippen molar-refractivity contribution in [2.75, 3.05) is 0 Å². The summed E-state index contributed by atoms with van der Waals surface area (Å²) in [6.45, 7) is 0. The number of rotatable bonds is 3. The third-order valence-electron chi connectivity index (χ3n) is 8.68. The van der Waals surface area contributed by atoms with Crippen molar-refractivity contribution in [3.05, 3.63) is 158 Å². The van der Waals surface area contributed by atoms with Crippen LogP contribution in [-0.2, 0) is 0 Å². The van der Waals surface area contributed by atoms with Crippen molar-refractivity contribution in [1.82, 2.24) is 9.13 Å². The number of para-hydroxylation sites is 2. The minimum atomic E-state index is 1.16. The maximum absolute atomic E-state index is 2.48. The van der Waals surface area contributed by atoms with Gasteiger partial charge in [0.2, 0.25) is 0 Å². The van der Waals surface area contributed by atoms with Gasteiger partial charge in [0.15, 0.2) is 0 Å². The molecule has 0 N–H and O–H groups in total. The summed E-state index contributed by atoms with van der Waals surface area (Å²) in [5, 5.41) is 7.59. The van der Waals surface area contributed by atoms with Gasteiger partial charge in [-0.3, -0.25) is 0 Å². The summed E-state index contributed by atoms with van der Waals surface area (Å²) in [5.41, 5.74) is 9.67. The lowest BCUT2D eigenvalue weighted by Crippen LogP contribution is -1.95. The molecule has 0 atom stereocenters. The number of aromatic nitrogens is 2. The molecule has 9 rings (SSSR count). The Balaban J connectivity index is 1.45. The molecule has 0 bridgehead atoms. The summed E-state index contributed by atoms with van der Waals surface area (Å²) in [6, 6.07) is 57.2. The van der Waals surface area contributed by atoms with E-state index in [-0.39, 0.29) is 0 Å². The van der Waals surface area contributed by atoms with Crippen LogP contribution in [0.25, 0.3) is 76.9 Å². The van der Waals surface area contributed by atoms with Crippen LogP contribution in [0.15, 0.2) is 158 Å². The molecule has 0 saturated heterocycles. The minimum absolute atomic E-state index is 1.16. The second-order valence-electron chi connectivity index (χ2n) is 11.0. The predicted molar refractivity (Wildman–Crippen MR) is 178 cm³/mol. The summed E-state index contributed by atoms with van der Waals surface area (Å²) >= 11 is 0. The molecular weight excluding hydrogens is 508 g/mol. The first-order valence-electron chi connectivity index (χ1n) is 14.5. The van der Waals surface area contributed by atoms with E-state index in [1.54, 1.807) is 0 Å². The molecule has 2 aromatic heterocycles. The summed E-state index contributed by atoms with van der Waals surface area (Å²) in [5.74, 6) is 0. The van der Waals surface area contributed by atoms with Gasteiger partial charge in [0, 0.05) is 32.9 Å². The summed E-state index contributed by atoms with van der Waals surface area (Å²) in [4.78, 5) is 0. The quantitative estimate of drug-likeness (QED) is 0.213. The largest absolute Gasteiger partial charge is 0.309 e. The molecule has 2 nitrogen and oxygen atoms in total. The molecule has 0 aliphatic rings. The van der Waals surface area contributed by atoms with E-state index >= 15 is 0 Å². The van der Waals surface area contributed by atoms with E-state index in [2.05, 4.69) is 167 Å². The van der Waals surface area contributed by atoms with Crippen LogP contribution in [0, 0.1) is 0 Å². The number of benzene rings is 7. The van der Waals surface area contributed by atoms with E-state index in [0.717, 1.165) is 5.69 Å². The third-order valence-corrected chi connectivity index (χ3v) is 8.68. The SMILES string of the molecule is c1ccc(-c2ccc(-n3c4cc5ccccc5cc4c4ccc5c(c6ccccc6n5-c5ccccc5)c43)cc2)cc1. The normalized spacial score (nSPS) is 11.8. The van der Waals surface area contributed by atoms with E-state index in [4.69, 9.17) is 0 Å². The second-order valence-corrected chi connectivity index (χ2v) is 11.0. The Kier molecular flexibility index (Phi) is 4.93. The van der Waals surface area contributed by atoms with Gasteiger partial charge in [-0.2, -0.15) is 0 Å². The van der Waals surface area contributed by atoms with Gasteiger partial charge >= 0.3 is 0 Å². The Hall–Kier alpha value is -5.60. The molecule has 2 heteroatoms. The minimum Gasteiger partial charge on any atom is -0.309 e. The van der Waals surface area contributed by atoms with Gasteiger partial charge in [-0.05, 0) is 70.4 Å². The first-order chi connectivity index (χ1) is 20.8. The molecule has 0 saturated carbocycles. The zero-order valence-corrected chi connectivity index (χ0v) is 22.9. The molecule has 0 amide bonds. The van der Waals surface area contributed by atoms with Gasteiger partial charge in [0.25, 0.3) is 0 Å². The number of nitrogens with zero attached hydrogens (tertiary/aromatic N) is 2. The third kappa shape index (κ3) is 3.33. The van der Waals surface area contributed by atoms with Crippen molar-refractivity contribution in [1.29, 1.82) is 0 Å². The molecule has 0 aliphatic heterocycles. The highest BCUT2D eigenvalue weighted by molar-refractivity contribution is 6.27. The Morgan fingerprint density at radius 2 is 0.952 bits per heavy atom. The van der Waals surface area contributed by atoms with Crippen LogP contribution < -0.4 is 0 Å². The first-order valence-corrected chi connectivity index (χ1v) is 14.5. The van der Waals surface area contributed by atoms with Crippen LogP contribution in [-0.4, -0.2) is 9.13 Å². The average molecular weight is 535 g/mol. The van der Waals surface area contributed by atoms with Crippen molar-refractivity contribution in [3.63, 3.8) is 0 Å². The summed E-state index contributed by atoms with van der Waals surface area (Å²) in [7, 11) is 0. The lowest BCUT2D eigenvalue weighted by molar-refractivity contribution is 1.17. The first kappa shape index (κ1) is 23.1. The molecule has 2 heterocycles. The van der Waals surface area contributed by atoms with Crippen LogP contribution in [0.4, 0.5) is 0 Å². The van der Waals surface area contributed by atoms with Gasteiger partial charge in [0.1, 0.15) is 0 Å². The average Bonchev–Trinajstić information content (AvgIpc) is 3.57. The number of hydrogen-bond donors (Lipinski definition) is 0. The van der Waals surface area contributed by atoms with Crippen molar-refractivity contribution < 1.29 is 0 Å². The Morgan fingerprint density at radius 1 is 0.333 bits per heavy atom. The lowest BCUT2D eigenvalue weighted by atomic mass is 10.0. The molecule has 42 heavy (non-hydrogen) atoms. The van der Waals surface area contributed by atoms with Crippen LogP contribution >= 0.6 is 0 Å². The predicted octanol–water partition coefficient (Wildman–Crippen LogP) is 10.7. The molecule has 0 spiro atoms. The summed E-state index contributed by atoms with van der Waals surface area (Å²) in [6.07, 6.45) is 0. The molecule has 0 radical (unpaired) electrons. The second kappa shape index (κ2) is 8.95. The Bertz CT molecular complexity index is 2430. The fourth-order valence-corrected chi connectivity index (χ4v) is 6.80. The number of fused-ring (bicyclic) bond motifs is 8. The van der Waals surface area contributed by atoms with E-state index in [9.17, 15) is 0 Å². The van der Waals surface area contributed by atoms with Gasteiger partial charge in [-0.1, -0.05) is 109 Å². The topological polar surface area (TPSA) is 9.86 Å². The van der Waals surface area contributed by atoms with E-state index in [0.29, 0.717) is 0 Å². The van der Waals surface area contributed by atoms with E-state index in [1.165, 1.54) is 71.2 Å². The van der Waals surface area contributed by atoms with E-state index < -0.39 is 0 Å². The highest BCUT2D eigenvalue weighted by Crippen LogP contribution is 2.43. The molecule has 7 aromatic carbocycles. The molecular formula is C40H26N2. The monoisotopic (exact) mass is 534 g/mol. The Morgan fingerprint density at radius 3 is 1.74 bits per heavy atom. The molecule has 9 aromatic rings. The van der Waals surface area contributed by atoms with Crippen LogP contribution in [0.1, 0.15) is 0 Å². The molecule has 196 valence electrons. The smallest absolute Gasteiger partial charge is 0.0641 e. The van der Waals surface area contributed by atoms with Gasteiger partial charge in [-0.15, -0.1) is 0 Å². The van der Waals surface area contributed by atoms with Crippen molar-refractivity contribution in [2.45, 2.75) is 0 Å². The standard InChI is InChI=1S/C40H26N2/c1-3-11-27(12-4-1)28-19-21-32(22-20-28)42-38-26-30-14-8-7-13-29(30)25-35(38)33-23-24-37-39(40(33)42)34-17-9-10-18-36(34)41(37)31-15-5-2-6-16-31/h1-26H. The summed E-state index contributed by atoms with van der Waals surface area (Å²) < 4.78 is 4.89. The maximum Gasteiger partial charge on any atom is 0.0641 e. The fraction of sp³-hybridized carbons (Fsp3) is 0. The molecule has 0 unspecified atom stereocenters. The molecule has 0 aliphatic carbocycles. The highest BCUT2D eigenvalue weighted by Gasteiger charge is 2.21. The number of hydrogen-bond acceptors (Lipinski definition) is 0. The van der Waals surface area contributed by atoms with Crippen molar-refractivity contribution >= 4 is 54.4 Å².